The van der Waals surface area contributed by atoms with Crippen molar-refractivity contribution in [3.05, 3.63) is 40.7 Å². The molecule has 0 radical (unpaired) electrons. The summed E-state index contributed by atoms with van der Waals surface area (Å²) < 4.78 is 1.71. The molecule has 1 atom stereocenters. The first-order valence-electron chi connectivity index (χ1n) is 7.29. The monoisotopic (exact) mass is 271 g/mol. The zero-order valence-corrected chi connectivity index (χ0v) is 11.9. The molecular weight excluding hydrogens is 250 g/mol. The summed E-state index contributed by atoms with van der Waals surface area (Å²) in [7, 11) is 0. The predicted molar refractivity (Wildman–Crippen MR) is 82.9 cm³/mol. The second-order valence-corrected chi connectivity index (χ2v) is 5.66. The van der Waals surface area contributed by atoms with E-state index in [2.05, 4.69) is 11.8 Å². The van der Waals surface area contributed by atoms with Gasteiger partial charge in [0.25, 0.3) is 5.56 Å². The molecule has 0 saturated carbocycles. The van der Waals surface area contributed by atoms with Crippen LogP contribution < -0.4 is 11.3 Å². The number of nitrogens with two attached hydrogens (primary N) is 1. The molecule has 0 spiro atoms. The lowest BCUT2D eigenvalue weighted by molar-refractivity contribution is 0.235. The van der Waals surface area contributed by atoms with Crippen LogP contribution in [0.3, 0.4) is 0 Å². The Morgan fingerprint density at radius 3 is 2.70 bits per heavy atom. The first-order chi connectivity index (χ1) is 9.66. The number of aromatic nitrogens is 1. The molecule has 2 heterocycles. The highest BCUT2D eigenvalue weighted by Gasteiger charge is 2.19. The lowest BCUT2D eigenvalue weighted by Gasteiger charge is -2.25. The molecule has 2 N–H and O–H groups in total. The van der Waals surface area contributed by atoms with Gasteiger partial charge in [-0.2, -0.15) is 0 Å². The van der Waals surface area contributed by atoms with Gasteiger partial charge in [0.1, 0.15) is 5.82 Å². The summed E-state index contributed by atoms with van der Waals surface area (Å²) in [6.45, 7) is 5.09. The van der Waals surface area contributed by atoms with Crippen LogP contribution in [0, 0.1) is 0 Å². The van der Waals surface area contributed by atoms with Crippen LogP contribution in [0.15, 0.2) is 35.1 Å². The molecule has 1 unspecified atom stereocenters. The molecule has 106 valence electrons. The number of benzene rings is 1. The van der Waals surface area contributed by atoms with Crippen LogP contribution in [0.5, 0.6) is 0 Å². The van der Waals surface area contributed by atoms with Gasteiger partial charge in [0.15, 0.2) is 0 Å². The summed E-state index contributed by atoms with van der Waals surface area (Å²) in [5, 5.41) is 1.66. The van der Waals surface area contributed by atoms with Gasteiger partial charge in [-0.05, 0) is 50.4 Å². The normalized spacial score (nSPS) is 17.6. The van der Waals surface area contributed by atoms with Crippen LogP contribution in [0.2, 0.25) is 0 Å². The Hall–Kier alpha value is -1.81. The largest absolute Gasteiger partial charge is 0.385 e. The third kappa shape index (κ3) is 2.31. The van der Waals surface area contributed by atoms with Crippen LogP contribution in [0.1, 0.15) is 19.8 Å². The highest BCUT2D eigenvalue weighted by Crippen LogP contribution is 2.16. The number of likely N-dealkylation sites (tertiary alicyclic amines) is 1. The Labute approximate surface area is 118 Å². The standard InChI is InChI=1S/C16H21N3O/c1-12(18-8-4-5-9-18)11-19-15(17)10-13-6-2-3-7-14(13)16(19)20/h2-3,6-7,10,12H,4-5,8-9,11,17H2,1H3. The van der Waals surface area contributed by atoms with Gasteiger partial charge in [0.05, 0.1) is 0 Å². The Bertz CT molecular complexity index is 671. The van der Waals surface area contributed by atoms with Crippen molar-refractivity contribution < 1.29 is 0 Å². The van der Waals surface area contributed by atoms with E-state index in [-0.39, 0.29) is 5.56 Å². The first-order valence-corrected chi connectivity index (χ1v) is 7.29. The van der Waals surface area contributed by atoms with Gasteiger partial charge in [-0.15, -0.1) is 0 Å². The van der Waals surface area contributed by atoms with E-state index < -0.39 is 0 Å². The molecule has 20 heavy (non-hydrogen) atoms. The minimum Gasteiger partial charge on any atom is -0.385 e. The van der Waals surface area contributed by atoms with E-state index in [1.807, 2.05) is 30.3 Å². The van der Waals surface area contributed by atoms with Gasteiger partial charge in [-0.1, -0.05) is 18.2 Å². The minimum absolute atomic E-state index is 0.0200. The molecule has 1 fully saturated rings. The van der Waals surface area contributed by atoms with E-state index in [9.17, 15) is 4.79 Å². The van der Waals surface area contributed by atoms with Crippen molar-refractivity contribution in [2.24, 2.45) is 0 Å². The van der Waals surface area contributed by atoms with Gasteiger partial charge in [-0.25, -0.2) is 0 Å². The topological polar surface area (TPSA) is 51.3 Å². The molecule has 1 saturated heterocycles. The third-order valence-electron chi connectivity index (χ3n) is 4.26. The second kappa shape index (κ2) is 5.29. The van der Waals surface area contributed by atoms with Crippen LogP contribution >= 0.6 is 0 Å². The molecule has 1 aliphatic rings. The summed E-state index contributed by atoms with van der Waals surface area (Å²) in [6, 6.07) is 9.87. The minimum atomic E-state index is 0.0200. The highest BCUT2D eigenvalue weighted by molar-refractivity contribution is 5.83. The van der Waals surface area contributed by atoms with Crippen molar-refractivity contribution >= 4 is 16.6 Å². The number of nitrogens with zero attached hydrogens (tertiary/aromatic N) is 2. The van der Waals surface area contributed by atoms with Crippen molar-refractivity contribution in [2.45, 2.75) is 32.4 Å². The quantitative estimate of drug-likeness (QED) is 0.929. The zero-order valence-electron chi connectivity index (χ0n) is 11.9. The molecule has 1 aromatic carbocycles. The van der Waals surface area contributed by atoms with Crippen molar-refractivity contribution in [1.82, 2.24) is 9.47 Å². The average Bonchev–Trinajstić information content (AvgIpc) is 2.97. The van der Waals surface area contributed by atoms with E-state index in [4.69, 9.17) is 5.73 Å². The fraction of sp³-hybridized carbons (Fsp3) is 0.438. The fourth-order valence-corrected chi connectivity index (χ4v) is 3.07. The van der Waals surface area contributed by atoms with Gasteiger partial charge >= 0.3 is 0 Å². The van der Waals surface area contributed by atoms with Crippen molar-refractivity contribution in [2.75, 3.05) is 18.8 Å². The molecule has 2 aromatic rings. The Kier molecular flexibility index (Phi) is 3.49. The molecular formula is C16H21N3O. The molecule has 1 aliphatic heterocycles. The SMILES string of the molecule is CC(Cn1c(N)cc2ccccc2c1=O)N1CCCC1. The first kappa shape index (κ1) is 13.2. The lowest BCUT2D eigenvalue weighted by Crippen LogP contribution is -2.37. The van der Waals surface area contributed by atoms with Crippen LogP contribution in [0.4, 0.5) is 5.82 Å². The number of rotatable bonds is 3. The zero-order chi connectivity index (χ0) is 14.1. The lowest BCUT2D eigenvalue weighted by atomic mass is 10.1. The van der Waals surface area contributed by atoms with E-state index in [1.54, 1.807) is 4.57 Å². The van der Waals surface area contributed by atoms with E-state index in [0.717, 1.165) is 23.9 Å². The smallest absolute Gasteiger partial charge is 0.260 e. The summed E-state index contributed by atoms with van der Waals surface area (Å²) in [4.78, 5) is 15.0. The Balaban J connectivity index is 1.96. The maximum absolute atomic E-state index is 12.6. The maximum Gasteiger partial charge on any atom is 0.260 e. The highest BCUT2D eigenvalue weighted by atomic mass is 16.1. The molecule has 4 nitrogen and oxygen atoms in total. The fourth-order valence-electron chi connectivity index (χ4n) is 3.07. The van der Waals surface area contributed by atoms with Gasteiger partial charge in [-0.3, -0.25) is 14.3 Å². The molecule has 0 amide bonds. The van der Waals surface area contributed by atoms with Gasteiger partial charge < -0.3 is 5.73 Å². The van der Waals surface area contributed by atoms with Crippen molar-refractivity contribution in [1.29, 1.82) is 0 Å². The maximum atomic E-state index is 12.6. The number of fused-ring (bicyclic) bond motifs is 1. The number of nitrogen functional groups attached to an aromatic ring is 1. The Morgan fingerprint density at radius 1 is 1.25 bits per heavy atom. The van der Waals surface area contributed by atoms with E-state index >= 15 is 0 Å². The summed E-state index contributed by atoms with van der Waals surface area (Å²) in [5.41, 5.74) is 6.10. The molecule has 4 heteroatoms. The van der Waals surface area contributed by atoms with Gasteiger partial charge in [0, 0.05) is 18.0 Å². The number of pyridine rings is 1. The molecule has 0 bridgehead atoms. The van der Waals surface area contributed by atoms with Crippen LogP contribution in [-0.2, 0) is 6.54 Å². The predicted octanol–water partition coefficient (Wildman–Crippen LogP) is 2.07. The summed E-state index contributed by atoms with van der Waals surface area (Å²) >= 11 is 0. The van der Waals surface area contributed by atoms with Crippen LogP contribution in [0.25, 0.3) is 10.8 Å². The van der Waals surface area contributed by atoms with E-state index in [1.165, 1.54) is 12.8 Å². The number of anilines is 1. The molecule has 3 rings (SSSR count). The van der Waals surface area contributed by atoms with E-state index in [0.29, 0.717) is 18.4 Å². The Morgan fingerprint density at radius 2 is 1.95 bits per heavy atom. The summed E-state index contributed by atoms with van der Waals surface area (Å²) in [6.07, 6.45) is 2.51. The van der Waals surface area contributed by atoms with Crippen molar-refractivity contribution in [3.63, 3.8) is 0 Å². The molecule has 0 aliphatic carbocycles. The number of hydrogen-bond acceptors (Lipinski definition) is 3. The second-order valence-electron chi connectivity index (χ2n) is 5.66. The molecule has 1 aromatic heterocycles. The van der Waals surface area contributed by atoms with Crippen molar-refractivity contribution in [3.8, 4) is 0 Å². The third-order valence-corrected chi connectivity index (χ3v) is 4.26. The summed E-state index contributed by atoms with van der Waals surface area (Å²) in [5.74, 6) is 0.555. The average molecular weight is 271 g/mol. The van der Waals surface area contributed by atoms with Crippen LogP contribution in [-0.4, -0.2) is 28.6 Å². The van der Waals surface area contributed by atoms with Gasteiger partial charge in [0.2, 0.25) is 0 Å². The number of hydrogen-bond donors (Lipinski definition) is 1.